The van der Waals surface area contributed by atoms with Gasteiger partial charge in [0.25, 0.3) is 10.1 Å². The summed E-state index contributed by atoms with van der Waals surface area (Å²) in [6.45, 7) is 0.696. The zero-order chi connectivity index (χ0) is 22.5. The fourth-order valence-corrected chi connectivity index (χ4v) is 1.78. The molecule has 11 nitrogen and oxygen atoms in total. The number of quaternary nitrogens is 1. The topological polar surface area (TPSA) is 179 Å². The van der Waals surface area contributed by atoms with Gasteiger partial charge in [-0.15, -0.1) is 0 Å². The van der Waals surface area contributed by atoms with E-state index in [1.54, 1.807) is 0 Å². The summed E-state index contributed by atoms with van der Waals surface area (Å²) >= 11 is 0. The fraction of sp³-hybridized carbons (Fsp3) is 0.500. The van der Waals surface area contributed by atoms with E-state index >= 15 is 0 Å². The molecular formula is C16H28NO10S+. The van der Waals surface area contributed by atoms with Crippen LogP contribution in [0, 0.1) is 0 Å². The molecule has 0 radical (unpaired) electrons. The number of benzene rings is 1. The predicted octanol–water partition coefficient (Wildman–Crippen LogP) is -0.360. The van der Waals surface area contributed by atoms with Crippen LogP contribution in [0.1, 0.15) is 20.7 Å². The van der Waals surface area contributed by atoms with E-state index in [-0.39, 0.29) is 13.2 Å². The number of ether oxygens (including phenoxy) is 1. The third kappa shape index (κ3) is 16.1. The van der Waals surface area contributed by atoms with E-state index in [4.69, 9.17) is 25.0 Å². The average molecular weight is 426 g/mol. The molecular weight excluding hydrogens is 398 g/mol. The monoisotopic (exact) mass is 426 g/mol. The van der Waals surface area contributed by atoms with Crippen molar-refractivity contribution in [1.29, 1.82) is 0 Å². The molecule has 0 saturated heterocycles. The van der Waals surface area contributed by atoms with Crippen LogP contribution in [0.4, 0.5) is 0 Å². The van der Waals surface area contributed by atoms with E-state index in [2.05, 4.69) is 32.9 Å². The van der Waals surface area contributed by atoms with Gasteiger partial charge in [-0.1, -0.05) is 0 Å². The Bertz CT molecular complexity index is 683. The van der Waals surface area contributed by atoms with E-state index in [1.165, 1.54) is 0 Å². The van der Waals surface area contributed by atoms with Crippen molar-refractivity contribution in [1.82, 2.24) is 0 Å². The largest absolute Gasteiger partial charge is 0.478 e. The van der Waals surface area contributed by atoms with Crippen molar-refractivity contribution in [2.45, 2.75) is 4.90 Å². The summed E-state index contributed by atoms with van der Waals surface area (Å²) in [7, 11) is 3.86. The van der Waals surface area contributed by atoms with Crippen LogP contribution >= 0.6 is 0 Å². The summed E-state index contributed by atoms with van der Waals surface area (Å²) in [6, 6.07) is 2.13. The minimum atomic E-state index is -4.64. The Labute approximate surface area is 163 Å². The van der Waals surface area contributed by atoms with Crippen LogP contribution in [0.5, 0.6) is 0 Å². The smallest absolute Gasteiger partial charge is 0.335 e. The summed E-state index contributed by atoms with van der Waals surface area (Å²) in [5.74, 6) is -2.99. The van der Waals surface area contributed by atoms with Gasteiger partial charge in [0.1, 0.15) is 0 Å². The van der Waals surface area contributed by atoms with Gasteiger partial charge < -0.3 is 29.6 Å². The number of hydrogen-bond donors (Lipinski definition) is 5. The van der Waals surface area contributed by atoms with E-state index in [0.717, 1.165) is 10.5 Å². The molecule has 0 bridgehead atoms. The Hall–Kier alpha value is -2.09. The van der Waals surface area contributed by atoms with Gasteiger partial charge in [-0.3, -0.25) is 4.55 Å². The van der Waals surface area contributed by atoms with Crippen LogP contribution in [-0.4, -0.2) is 104 Å². The first-order valence-electron chi connectivity index (χ1n) is 7.81. The van der Waals surface area contributed by atoms with Crippen molar-refractivity contribution < 1.29 is 52.2 Å². The standard InChI is InChI=1S/C8H6O7S.C4H12N.C4H10O3/c9-7(10)4-1-5(8(11)12)3-6(2-4)16(13,14)15;1-5(2,3)4;5-1-3-7-4-2-6/h1-3H,(H,9,10)(H,11,12)(H,13,14,15);1-4H3;5-6H,1-4H2/q;+1;. The van der Waals surface area contributed by atoms with Crippen LogP contribution in [-0.2, 0) is 14.9 Å². The number of aliphatic hydroxyl groups excluding tert-OH is 2. The highest BCUT2D eigenvalue weighted by molar-refractivity contribution is 7.85. The Kier molecular flexibility index (Phi) is 13.2. The van der Waals surface area contributed by atoms with Gasteiger partial charge in [0.2, 0.25) is 0 Å². The highest BCUT2D eigenvalue weighted by atomic mass is 32.2. The number of carboxylic acid groups (broad SMARTS) is 2. The van der Waals surface area contributed by atoms with E-state index in [9.17, 15) is 18.0 Å². The lowest BCUT2D eigenvalue weighted by atomic mass is 10.1. The second-order valence-electron chi connectivity index (χ2n) is 6.57. The first-order chi connectivity index (χ1) is 12.6. The molecule has 0 aliphatic heterocycles. The van der Waals surface area contributed by atoms with Crippen molar-refractivity contribution in [2.24, 2.45) is 0 Å². The Morgan fingerprint density at radius 3 is 1.43 bits per heavy atom. The van der Waals surface area contributed by atoms with E-state index < -0.39 is 38.1 Å². The van der Waals surface area contributed by atoms with Gasteiger partial charge in [-0.2, -0.15) is 8.42 Å². The molecule has 0 heterocycles. The molecule has 0 spiro atoms. The molecule has 1 aromatic rings. The second kappa shape index (κ2) is 13.1. The summed E-state index contributed by atoms with van der Waals surface area (Å²) in [4.78, 5) is 20.4. The van der Waals surface area contributed by atoms with Crippen LogP contribution < -0.4 is 0 Å². The number of rotatable bonds is 7. The maximum absolute atomic E-state index is 10.8. The molecule has 1 rings (SSSR count). The first kappa shape index (κ1) is 28.1. The van der Waals surface area contributed by atoms with Crippen LogP contribution in [0.15, 0.2) is 23.1 Å². The van der Waals surface area contributed by atoms with Crippen molar-refractivity contribution in [3.05, 3.63) is 29.3 Å². The van der Waals surface area contributed by atoms with Crippen LogP contribution in [0.3, 0.4) is 0 Å². The van der Waals surface area contributed by atoms with Gasteiger partial charge in [-0.05, 0) is 18.2 Å². The SMILES string of the molecule is C[N+](C)(C)C.O=C(O)c1cc(C(=O)O)cc(S(=O)(=O)O)c1.OCCOCCO. The summed E-state index contributed by atoms with van der Waals surface area (Å²) in [6.07, 6.45) is 0. The Morgan fingerprint density at radius 2 is 1.21 bits per heavy atom. The third-order valence-corrected chi connectivity index (χ3v) is 3.00. The average Bonchev–Trinajstić information content (AvgIpc) is 2.53. The summed E-state index contributed by atoms with van der Waals surface area (Å²) in [5, 5.41) is 33.4. The quantitative estimate of drug-likeness (QED) is 0.219. The van der Waals surface area contributed by atoms with Crippen LogP contribution in [0.2, 0.25) is 0 Å². The molecule has 28 heavy (non-hydrogen) atoms. The van der Waals surface area contributed by atoms with Gasteiger partial charge in [0.05, 0.1) is 70.6 Å². The maximum Gasteiger partial charge on any atom is 0.335 e. The minimum Gasteiger partial charge on any atom is -0.478 e. The molecule has 5 N–H and O–H groups in total. The molecule has 0 aliphatic rings. The fourth-order valence-electron chi connectivity index (χ4n) is 1.23. The molecule has 0 aromatic heterocycles. The molecule has 0 aliphatic carbocycles. The lowest BCUT2D eigenvalue weighted by Gasteiger charge is -2.14. The maximum atomic E-state index is 10.8. The number of aromatic carboxylic acids is 2. The lowest BCUT2D eigenvalue weighted by molar-refractivity contribution is -0.849. The molecule has 0 atom stereocenters. The summed E-state index contributed by atoms with van der Waals surface area (Å²) < 4.78 is 35.8. The molecule has 0 amide bonds. The molecule has 162 valence electrons. The van der Waals surface area contributed by atoms with Crippen molar-refractivity contribution in [3.63, 3.8) is 0 Å². The van der Waals surface area contributed by atoms with Crippen molar-refractivity contribution >= 4 is 22.1 Å². The molecule has 0 unspecified atom stereocenters. The van der Waals surface area contributed by atoms with Crippen LogP contribution in [0.25, 0.3) is 0 Å². The number of aliphatic hydroxyl groups is 2. The van der Waals surface area contributed by atoms with Gasteiger partial charge in [-0.25, -0.2) is 9.59 Å². The molecule has 0 saturated carbocycles. The predicted molar refractivity (Wildman–Crippen MR) is 99.1 cm³/mol. The van der Waals surface area contributed by atoms with E-state index in [1.807, 2.05) is 0 Å². The zero-order valence-corrected chi connectivity index (χ0v) is 17.0. The Morgan fingerprint density at radius 1 is 0.893 bits per heavy atom. The normalized spacial score (nSPS) is 10.8. The zero-order valence-electron chi connectivity index (χ0n) is 16.2. The molecule has 12 heteroatoms. The first-order valence-corrected chi connectivity index (χ1v) is 9.25. The second-order valence-corrected chi connectivity index (χ2v) is 8.00. The van der Waals surface area contributed by atoms with Crippen molar-refractivity contribution in [3.8, 4) is 0 Å². The third-order valence-electron chi connectivity index (χ3n) is 2.17. The number of hydrogen-bond acceptors (Lipinski definition) is 7. The highest BCUT2D eigenvalue weighted by Gasteiger charge is 2.17. The Balaban J connectivity index is 0. The lowest BCUT2D eigenvalue weighted by Crippen LogP contribution is -2.27. The number of carboxylic acids is 2. The number of nitrogens with zero attached hydrogens (tertiary/aromatic N) is 1. The van der Waals surface area contributed by atoms with E-state index in [0.29, 0.717) is 25.3 Å². The molecule has 0 fully saturated rings. The van der Waals surface area contributed by atoms with Gasteiger partial charge >= 0.3 is 11.9 Å². The van der Waals surface area contributed by atoms with Gasteiger partial charge in [0, 0.05) is 0 Å². The highest BCUT2D eigenvalue weighted by Crippen LogP contribution is 2.15. The van der Waals surface area contributed by atoms with Gasteiger partial charge in [0.15, 0.2) is 0 Å². The number of carbonyl (C=O) groups is 2. The van der Waals surface area contributed by atoms with Crippen molar-refractivity contribution in [2.75, 3.05) is 54.6 Å². The minimum absolute atomic E-state index is 0.0278. The summed E-state index contributed by atoms with van der Waals surface area (Å²) in [5.41, 5.74) is -1.07. The molecule has 1 aromatic carbocycles.